The molecule has 3 rings (SSSR count). The fourth-order valence-electron chi connectivity index (χ4n) is 2.36. The third-order valence-electron chi connectivity index (χ3n) is 3.68. The van der Waals surface area contributed by atoms with Gasteiger partial charge in [-0.2, -0.15) is 4.98 Å². The Bertz CT molecular complexity index is 701. The number of ether oxygens (including phenoxy) is 2. The van der Waals surface area contributed by atoms with Gasteiger partial charge in [0.15, 0.2) is 5.15 Å². The van der Waals surface area contributed by atoms with E-state index in [9.17, 15) is 4.39 Å². The summed E-state index contributed by atoms with van der Waals surface area (Å²) in [5.41, 5.74) is 1.90. The molecule has 0 spiro atoms. The van der Waals surface area contributed by atoms with E-state index in [1.54, 1.807) is 12.3 Å². The molecule has 0 amide bonds. The van der Waals surface area contributed by atoms with Gasteiger partial charge in [0.2, 0.25) is 5.88 Å². The summed E-state index contributed by atoms with van der Waals surface area (Å²) in [6, 6.07) is 1.99. The van der Waals surface area contributed by atoms with E-state index < -0.39 is 0 Å². The number of aromatic nitrogens is 4. The minimum atomic E-state index is -0.354. The summed E-state index contributed by atoms with van der Waals surface area (Å²) in [5.74, 6) is 0.438. The maximum Gasteiger partial charge on any atom is 0.319 e. The second kappa shape index (κ2) is 6.00. The standard InChI is InChI=1S/C14H14ClFN4O2/c1-21-13-10(6-17-14(18-13)22-2)11-4-9(12(15)20-19-11)8-3-7(8)5-16/h4,6-8H,3,5H2,1-2H3/t7-,8+/m1/s1. The SMILES string of the molecule is COc1ncc(-c2cc([C@H]3C[C@@H]3CF)c(Cl)nn2)c(OC)n1. The van der Waals surface area contributed by atoms with E-state index in [0.717, 1.165) is 12.0 Å². The topological polar surface area (TPSA) is 70.0 Å². The Morgan fingerprint density at radius 1 is 1.32 bits per heavy atom. The summed E-state index contributed by atoms with van der Waals surface area (Å²) < 4.78 is 22.9. The summed E-state index contributed by atoms with van der Waals surface area (Å²) in [6.45, 7) is -0.354. The van der Waals surface area contributed by atoms with E-state index in [0.29, 0.717) is 22.3 Å². The molecular formula is C14H14ClFN4O2. The van der Waals surface area contributed by atoms with Gasteiger partial charge in [-0.1, -0.05) is 11.6 Å². The number of hydrogen-bond donors (Lipinski definition) is 0. The molecule has 1 fully saturated rings. The predicted octanol–water partition coefficient (Wildman–Crippen LogP) is 2.68. The Morgan fingerprint density at radius 2 is 2.14 bits per heavy atom. The first-order chi connectivity index (χ1) is 10.7. The predicted molar refractivity (Wildman–Crippen MR) is 78.0 cm³/mol. The highest BCUT2D eigenvalue weighted by atomic mass is 35.5. The van der Waals surface area contributed by atoms with Crippen molar-refractivity contribution >= 4 is 11.6 Å². The van der Waals surface area contributed by atoms with Crippen molar-refractivity contribution in [3.05, 3.63) is 23.0 Å². The maximum atomic E-state index is 12.7. The maximum absolute atomic E-state index is 12.7. The largest absolute Gasteiger partial charge is 0.480 e. The second-order valence-corrected chi connectivity index (χ2v) is 5.37. The van der Waals surface area contributed by atoms with Gasteiger partial charge < -0.3 is 9.47 Å². The smallest absolute Gasteiger partial charge is 0.319 e. The van der Waals surface area contributed by atoms with Crippen LogP contribution in [-0.2, 0) is 0 Å². The first kappa shape index (κ1) is 14.9. The molecule has 0 N–H and O–H groups in total. The van der Waals surface area contributed by atoms with Crippen molar-refractivity contribution in [3.8, 4) is 23.1 Å². The fraction of sp³-hybridized carbons (Fsp3) is 0.429. The van der Waals surface area contributed by atoms with E-state index in [-0.39, 0.29) is 24.5 Å². The molecule has 0 aromatic carbocycles. The Labute approximate surface area is 131 Å². The Hall–Kier alpha value is -2.02. The van der Waals surface area contributed by atoms with E-state index in [1.807, 2.05) is 0 Å². The summed E-state index contributed by atoms with van der Waals surface area (Å²) in [7, 11) is 2.97. The molecule has 2 aromatic heterocycles. The highest BCUT2D eigenvalue weighted by molar-refractivity contribution is 6.30. The van der Waals surface area contributed by atoms with Crippen molar-refractivity contribution in [2.75, 3.05) is 20.9 Å². The van der Waals surface area contributed by atoms with Gasteiger partial charge in [0.25, 0.3) is 0 Å². The van der Waals surface area contributed by atoms with Crippen LogP contribution in [-0.4, -0.2) is 41.1 Å². The van der Waals surface area contributed by atoms with Crippen LogP contribution in [0.1, 0.15) is 17.9 Å². The summed E-state index contributed by atoms with van der Waals surface area (Å²) in [5, 5.41) is 8.32. The van der Waals surface area contributed by atoms with E-state index >= 15 is 0 Å². The normalized spacial score (nSPS) is 19.8. The molecule has 1 aliphatic rings. The van der Waals surface area contributed by atoms with Crippen molar-refractivity contribution in [1.82, 2.24) is 20.2 Å². The molecule has 0 saturated heterocycles. The zero-order valence-corrected chi connectivity index (χ0v) is 12.8. The quantitative estimate of drug-likeness (QED) is 0.842. The van der Waals surface area contributed by atoms with Gasteiger partial charge in [-0.25, -0.2) is 4.98 Å². The van der Waals surface area contributed by atoms with Crippen LogP contribution in [0.4, 0.5) is 4.39 Å². The van der Waals surface area contributed by atoms with Crippen LogP contribution < -0.4 is 9.47 Å². The monoisotopic (exact) mass is 324 g/mol. The van der Waals surface area contributed by atoms with Gasteiger partial charge in [-0.15, -0.1) is 10.2 Å². The highest BCUT2D eigenvalue weighted by Crippen LogP contribution is 2.49. The molecule has 22 heavy (non-hydrogen) atoms. The molecule has 1 saturated carbocycles. The van der Waals surface area contributed by atoms with Crippen LogP contribution in [0.15, 0.2) is 12.3 Å². The molecule has 0 unspecified atom stereocenters. The van der Waals surface area contributed by atoms with Crippen molar-refractivity contribution in [2.45, 2.75) is 12.3 Å². The Morgan fingerprint density at radius 3 is 2.77 bits per heavy atom. The number of rotatable bonds is 5. The lowest BCUT2D eigenvalue weighted by Crippen LogP contribution is -2.00. The first-order valence-electron chi connectivity index (χ1n) is 6.72. The Balaban J connectivity index is 2.00. The third-order valence-corrected chi connectivity index (χ3v) is 3.97. The Kier molecular flexibility index (Phi) is 4.06. The van der Waals surface area contributed by atoms with Crippen molar-refractivity contribution < 1.29 is 13.9 Å². The number of halogens is 2. The van der Waals surface area contributed by atoms with E-state index in [2.05, 4.69) is 20.2 Å². The molecule has 2 aromatic rings. The fourth-order valence-corrected chi connectivity index (χ4v) is 2.59. The average molecular weight is 325 g/mol. The van der Waals surface area contributed by atoms with Crippen molar-refractivity contribution in [3.63, 3.8) is 0 Å². The van der Waals surface area contributed by atoms with Gasteiger partial charge in [0, 0.05) is 6.20 Å². The zero-order valence-electron chi connectivity index (χ0n) is 12.1. The molecule has 0 radical (unpaired) electrons. The molecular weight excluding hydrogens is 311 g/mol. The lowest BCUT2D eigenvalue weighted by atomic mass is 10.1. The van der Waals surface area contributed by atoms with Crippen LogP contribution in [0.2, 0.25) is 5.15 Å². The van der Waals surface area contributed by atoms with Gasteiger partial charge >= 0.3 is 6.01 Å². The summed E-state index contributed by atoms with van der Waals surface area (Å²) in [6.07, 6.45) is 2.32. The zero-order chi connectivity index (χ0) is 15.7. The first-order valence-corrected chi connectivity index (χ1v) is 7.10. The molecule has 2 atom stereocenters. The van der Waals surface area contributed by atoms with Crippen molar-refractivity contribution in [2.24, 2.45) is 5.92 Å². The number of methoxy groups -OCH3 is 2. The molecule has 0 aliphatic heterocycles. The lowest BCUT2D eigenvalue weighted by molar-refractivity contribution is 0.353. The summed E-state index contributed by atoms with van der Waals surface area (Å²) in [4.78, 5) is 8.17. The van der Waals surface area contributed by atoms with Gasteiger partial charge in [0.05, 0.1) is 26.5 Å². The second-order valence-electron chi connectivity index (χ2n) is 5.01. The van der Waals surface area contributed by atoms with Crippen molar-refractivity contribution in [1.29, 1.82) is 0 Å². The van der Waals surface area contributed by atoms with E-state index in [1.165, 1.54) is 14.2 Å². The minimum absolute atomic E-state index is 0.0172. The van der Waals surface area contributed by atoms with Crippen LogP contribution in [0.5, 0.6) is 11.9 Å². The molecule has 1 aliphatic carbocycles. The van der Waals surface area contributed by atoms with E-state index in [4.69, 9.17) is 21.1 Å². The molecule has 116 valence electrons. The van der Waals surface area contributed by atoms with Crippen LogP contribution in [0, 0.1) is 5.92 Å². The third kappa shape index (κ3) is 2.68. The summed E-state index contributed by atoms with van der Waals surface area (Å²) >= 11 is 6.08. The number of hydrogen-bond acceptors (Lipinski definition) is 6. The van der Waals surface area contributed by atoms with Gasteiger partial charge in [0.1, 0.15) is 5.69 Å². The molecule has 6 nitrogen and oxygen atoms in total. The minimum Gasteiger partial charge on any atom is -0.480 e. The highest BCUT2D eigenvalue weighted by Gasteiger charge is 2.40. The number of alkyl halides is 1. The van der Waals surface area contributed by atoms with Crippen LogP contribution in [0.25, 0.3) is 11.3 Å². The van der Waals surface area contributed by atoms with Crippen LogP contribution >= 0.6 is 11.6 Å². The lowest BCUT2D eigenvalue weighted by Gasteiger charge is -2.09. The number of nitrogens with zero attached hydrogens (tertiary/aromatic N) is 4. The molecule has 0 bridgehead atoms. The molecule has 2 heterocycles. The van der Waals surface area contributed by atoms with Gasteiger partial charge in [-0.05, 0) is 29.9 Å². The van der Waals surface area contributed by atoms with Crippen LogP contribution in [0.3, 0.4) is 0 Å². The van der Waals surface area contributed by atoms with Gasteiger partial charge in [-0.3, -0.25) is 4.39 Å². The molecule has 8 heteroatoms. The average Bonchev–Trinajstić information content (AvgIpc) is 3.34.